The van der Waals surface area contributed by atoms with E-state index in [1.54, 1.807) is 0 Å². The summed E-state index contributed by atoms with van der Waals surface area (Å²) in [7, 11) is 0. The summed E-state index contributed by atoms with van der Waals surface area (Å²) >= 11 is 0. The highest BCUT2D eigenvalue weighted by molar-refractivity contribution is 5.29. The topological polar surface area (TPSA) is 0 Å². The molecule has 1 radical (unpaired) electrons. The molecular formula is C12H10F7. The molecule has 0 aliphatic carbocycles. The zero-order chi connectivity index (χ0) is 14.9. The molecule has 107 valence electrons. The van der Waals surface area contributed by atoms with Crippen molar-refractivity contribution in [1.29, 1.82) is 0 Å². The monoisotopic (exact) mass is 287 g/mol. The minimum Gasteiger partial charge on any atom is -0.194 e. The van der Waals surface area contributed by atoms with Crippen molar-refractivity contribution in [2.24, 2.45) is 0 Å². The van der Waals surface area contributed by atoms with Crippen LogP contribution in [0, 0.1) is 6.92 Å². The number of benzene rings is 1. The van der Waals surface area contributed by atoms with Gasteiger partial charge < -0.3 is 0 Å². The standard InChI is InChI=1S/C12H10F7/c1-2-4-8-5-3-6-9(7-8)10(13,14)11(15,16)12(17,18)19/h3,5-7H,1-2,4H2. The molecule has 0 atom stereocenters. The Hall–Kier alpha value is -1.27. The van der Waals surface area contributed by atoms with E-state index in [0.717, 1.165) is 6.07 Å². The largest absolute Gasteiger partial charge is 0.460 e. The van der Waals surface area contributed by atoms with Crippen LogP contribution in [-0.2, 0) is 12.3 Å². The van der Waals surface area contributed by atoms with Crippen LogP contribution in [0.25, 0.3) is 0 Å². The van der Waals surface area contributed by atoms with Gasteiger partial charge in [-0.15, -0.1) is 0 Å². The molecule has 1 rings (SSSR count). The Kier molecular flexibility index (Phi) is 4.17. The van der Waals surface area contributed by atoms with Crippen LogP contribution in [0.5, 0.6) is 0 Å². The number of alkyl halides is 7. The molecule has 0 saturated carbocycles. The van der Waals surface area contributed by atoms with E-state index in [-0.39, 0.29) is 12.0 Å². The summed E-state index contributed by atoms with van der Waals surface area (Å²) in [6.45, 7) is 3.45. The summed E-state index contributed by atoms with van der Waals surface area (Å²) in [4.78, 5) is 0. The van der Waals surface area contributed by atoms with Crippen molar-refractivity contribution in [3.63, 3.8) is 0 Å². The maximum atomic E-state index is 13.4. The molecule has 0 unspecified atom stereocenters. The van der Waals surface area contributed by atoms with Gasteiger partial charge in [0.2, 0.25) is 0 Å². The second kappa shape index (κ2) is 5.02. The SMILES string of the molecule is [CH2]CCc1cccc(C(F)(F)C(F)(F)C(F)(F)F)c1. The van der Waals surface area contributed by atoms with Gasteiger partial charge in [-0.1, -0.05) is 25.1 Å². The third-order valence-electron chi connectivity index (χ3n) is 2.51. The second-order valence-corrected chi connectivity index (χ2v) is 3.95. The van der Waals surface area contributed by atoms with Crippen molar-refractivity contribution in [1.82, 2.24) is 0 Å². The molecule has 0 saturated heterocycles. The van der Waals surface area contributed by atoms with E-state index in [9.17, 15) is 30.7 Å². The van der Waals surface area contributed by atoms with E-state index in [4.69, 9.17) is 0 Å². The van der Waals surface area contributed by atoms with Crippen molar-refractivity contribution < 1.29 is 30.7 Å². The summed E-state index contributed by atoms with van der Waals surface area (Å²) in [6, 6.07) is 3.56. The van der Waals surface area contributed by atoms with Crippen LogP contribution in [0.4, 0.5) is 30.7 Å². The molecule has 0 fully saturated rings. The van der Waals surface area contributed by atoms with Crippen molar-refractivity contribution in [3.8, 4) is 0 Å². The number of hydrogen-bond donors (Lipinski definition) is 0. The van der Waals surface area contributed by atoms with Gasteiger partial charge in [0.05, 0.1) is 0 Å². The van der Waals surface area contributed by atoms with E-state index < -0.39 is 23.6 Å². The van der Waals surface area contributed by atoms with Gasteiger partial charge in [-0.05, 0) is 24.5 Å². The Balaban J connectivity index is 3.23. The Morgan fingerprint density at radius 1 is 0.947 bits per heavy atom. The first-order valence-electron chi connectivity index (χ1n) is 5.25. The van der Waals surface area contributed by atoms with Crippen LogP contribution < -0.4 is 0 Å². The molecule has 7 heteroatoms. The molecule has 0 heterocycles. The van der Waals surface area contributed by atoms with Crippen molar-refractivity contribution in [2.45, 2.75) is 30.9 Å². The predicted octanol–water partition coefficient (Wildman–Crippen LogP) is 4.74. The Labute approximate surface area is 105 Å². The molecular weight excluding hydrogens is 277 g/mol. The maximum absolute atomic E-state index is 13.4. The molecule has 0 bridgehead atoms. The first-order chi connectivity index (χ1) is 8.54. The molecule has 1 aromatic rings. The van der Waals surface area contributed by atoms with Crippen LogP contribution in [0.1, 0.15) is 17.5 Å². The van der Waals surface area contributed by atoms with Gasteiger partial charge >= 0.3 is 18.0 Å². The molecule has 0 aliphatic heterocycles. The first-order valence-corrected chi connectivity index (χ1v) is 5.25. The summed E-state index contributed by atoms with van der Waals surface area (Å²) in [5, 5.41) is 0. The van der Waals surface area contributed by atoms with Gasteiger partial charge in [0.25, 0.3) is 0 Å². The van der Waals surface area contributed by atoms with Gasteiger partial charge in [0.15, 0.2) is 0 Å². The van der Waals surface area contributed by atoms with E-state index in [1.807, 2.05) is 0 Å². The molecule has 1 aromatic carbocycles. The number of hydrogen-bond acceptors (Lipinski definition) is 0. The van der Waals surface area contributed by atoms with Gasteiger partial charge in [-0.25, -0.2) is 0 Å². The highest BCUT2D eigenvalue weighted by atomic mass is 19.4. The Morgan fingerprint density at radius 3 is 2.00 bits per heavy atom. The van der Waals surface area contributed by atoms with Crippen molar-refractivity contribution >= 4 is 0 Å². The molecule has 0 nitrogen and oxygen atoms in total. The summed E-state index contributed by atoms with van der Waals surface area (Å²) < 4.78 is 88.4. The molecule has 0 N–H and O–H groups in total. The maximum Gasteiger partial charge on any atom is 0.460 e. The quantitative estimate of drug-likeness (QED) is 0.701. The smallest absolute Gasteiger partial charge is 0.194 e. The van der Waals surface area contributed by atoms with E-state index in [0.29, 0.717) is 18.6 Å². The van der Waals surface area contributed by atoms with E-state index in [1.165, 1.54) is 6.07 Å². The highest BCUT2D eigenvalue weighted by Crippen LogP contribution is 2.51. The minimum atomic E-state index is -6.32. The van der Waals surface area contributed by atoms with Crippen LogP contribution in [0.3, 0.4) is 0 Å². The summed E-state index contributed by atoms with van der Waals surface area (Å²) in [6.07, 6.45) is -5.80. The normalized spacial score (nSPS) is 13.7. The Bertz CT molecular complexity index is 434. The predicted molar refractivity (Wildman–Crippen MR) is 55.0 cm³/mol. The van der Waals surface area contributed by atoms with Crippen molar-refractivity contribution in [3.05, 3.63) is 42.3 Å². The zero-order valence-corrected chi connectivity index (χ0v) is 9.58. The third kappa shape index (κ3) is 2.84. The number of aryl methyl sites for hydroxylation is 1. The van der Waals surface area contributed by atoms with Crippen molar-refractivity contribution in [2.75, 3.05) is 0 Å². The Morgan fingerprint density at radius 2 is 1.53 bits per heavy atom. The lowest BCUT2D eigenvalue weighted by Gasteiger charge is -2.28. The average molecular weight is 287 g/mol. The van der Waals surface area contributed by atoms with Crippen LogP contribution in [0.15, 0.2) is 24.3 Å². The minimum absolute atomic E-state index is 0.210. The fraction of sp³-hybridized carbons (Fsp3) is 0.417. The molecule has 19 heavy (non-hydrogen) atoms. The lowest BCUT2D eigenvalue weighted by Crippen LogP contribution is -2.50. The van der Waals surface area contributed by atoms with Gasteiger partial charge in [0, 0.05) is 5.56 Å². The summed E-state index contributed by atoms with van der Waals surface area (Å²) in [5.41, 5.74) is -1.13. The number of rotatable bonds is 4. The van der Waals surface area contributed by atoms with E-state index in [2.05, 4.69) is 6.92 Å². The molecule has 0 spiro atoms. The second-order valence-electron chi connectivity index (χ2n) is 3.95. The van der Waals surface area contributed by atoms with Crippen LogP contribution >= 0.6 is 0 Å². The van der Waals surface area contributed by atoms with Gasteiger partial charge in [-0.3, -0.25) is 0 Å². The molecule has 0 aliphatic rings. The third-order valence-corrected chi connectivity index (χ3v) is 2.51. The van der Waals surface area contributed by atoms with Crippen LogP contribution in [-0.4, -0.2) is 12.1 Å². The zero-order valence-electron chi connectivity index (χ0n) is 9.58. The van der Waals surface area contributed by atoms with E-state index >= 15 is 0 Å². The number of halogens is 7. The summed E-state index contributed by atoms with van der Waals surface area (Å²) in [5.74, 6) is -11.4. The first kappa shape index (κ1) is 15.8. The lowest BCUT2D eigenvalue weighted by atomic mass is 9.98. The highest BCUT2D eigenvalue weighted by Gasteiger charge is 2.73. The molecule has 0 amide bonds. The molecule has 0 aromatic heterocycles. The fourth-order valence-electron chi connectivity index (χ4n) is 1.49. The average Bonchev–Trinajstić information content (AvgIpc) is 2.28. The fourth-order valence-corrected chi connectivity index (χ4v) is 1.49. The van der Waals surface area contributed by atoms with Gasteiger partial charge in [-0.2, -0.15) is 30.7 Å². The lowest BCUT2D eigenvalue weighted by molar-refractivity contribution is -0.359. The van der Waals surface area contributed by atoms with Crippen LogP contribution in [0.2, 0.25) is 0 Å². The van der Waals surface area contributed by atoms with Gasteiger partial charge in [0.1, 0.15) is 0 Å².